The maximum atomic E-state index is 14.4. The molecule has 1 atom stereocenters. The lowest BCUT2D eigenvalue weighted by Gasteiger charge is -2.34. The molecule has 0 unspecified atom stereocenters. The molecule has 0 radical (unpaired) electrons. The minimum Gasteiger partial charge on any atom is -0.492 e. The van der Waals surface area contributed by atoms with E-state index in [1.807, 2.05) is 36.6 Å². The van der Waals surface area contributed by atoms with Crippen LogP contribution in [0.1, 0.15) is 18.1 Å². The van der Waals surface area contributed by atoms with Crippen LogP contribution >= 0.6 is 11.8 Å². The molecule has 4 aromatic carbocycles. The summed E-state index contributed by atoms with van der Waals surface area (Å²) in [6, 6.07) is 26.9. The molecule has 0 spiro atoms. The number of thioether (sulfide) groups is 1. The van der Waals surface area contributed by atoms with Crippen molar-refractivity contribution in [3.63, 3.8) is 0 Å². The molecule has 0 aromatic heterocycles. The molecule has 0 saturated carbocycles. The molecular formula is C34H36FN3O5S2. The molecule has 236 valence electrons. The van der Waals surface area contributed by atoms with Gasteiger partial charge in [0.15, 0.2) is 0 Å². The third kappa shape index (κ3) is 8.43. The standard InChI is InChI=1S/C34H36FN3O5S2/c1-4-43-32-13-9-8-12-30(32)38(45(41,42)29-20-18-28(44-3)19-21-29)24-33(39)37(23-26-14-16-27(35)17-15-26)31(34(40)36-2)22-25-10-6-5-7-11-25/h5-21,31H,4,22-24H2,1-3H3,(H,36,40)/t31-/m1/s1. The lowest BCUT2D eigenvalue weighted by atomic mass is 10.0. The van der Waals surface area contributed by atoms with Gasteiger partial charge in [-0.1, -0.05) is 54.6 Å². The highest BCUT2D eigenvalue weighted by atomic mass is 32.2. The van der Waals surface area contributed by atoms with E-state index in [9.17, 15) is 22.4 Å². The Morgan fingerprint density at radius 3 is 2.16 bits per heavy atom. The topological polar surface area (TPSA) is 96.0 Å². The molecular weight excluding hydrogens is 614 g/mol. The number of halogens is 1. The summed E-state index contributed by atoms with van der Waals surface area (Å²) in [5, 5.41) is 2.65. The molecule has 0 bridgehead atoms. The predicted octanol–water partition coefficient (Wildman–Crippen LogP) is 5.53. The zero-order valence-corrected chi connectivity index (χ0v) is 27.0. The van der Waals surface area contributed by atoms with Gasteiger partial charge in [-0.05, 0) is 72.8 Å². The molecule has 8 nitrogen and oxygen atoms in total. The number of amides is 2. The van der Waals surface area contributed by atoms with Gasteiger partial charge in [0.05, 0.1) is 17.2 Å². The number of carbonyl (C=O) groups excluding carboxylic acids is 2. The highest BCUT2D eigenvalue weighted by Gasteiger charge is 2.35. The Kier molecular flexibility index (Phi) is 11.6. The molecule has 45 heavy (non-hydrogen) atoms. The van der Waals surface area contributed by atoms with Gasteiger partial charge in [-0.2, -0.15) is 0 Å². The lowest BCUT2D eigenvalue weighted by Crippen LogP contribution is -2.53. The van der Waals surface area contributed by atoms with Gasteiger partial charge in [0.1, 0.15) is 24.2 Å². The molecule has 2 amide bonds. The Bertz CT molecular complexity index is 1690. The Hall–Kier alpha value is -4.35. The van der Waals surface area contributed by atoms with Crippen molar-refractivity contribution in [1.29, 1.82) is 0 Å². The zero-order valence-electron chi connectivity index (χ0n) is 25.4. The first kappa shape index (κ1) is 33.5. The second-order valence-electron chi connectivity index (χ2n) is 10.1. The van der Waals surface area contributed by atoms with Gasteiger partial charge >= 0.3 is 0 Å². The largest absolute Gasteiger partial charge is 0.492 e. The molecule has 0 aliphatic rings. The third-order valence-corrected chi connectivity index (χ3v) is 9.66. The number of rotatable bonds is 14. The van der Waals surface area contributed by atoms with E-state index in [2.05, 4.69) is 5.32 Å². The predicted molar refractivity (Wildman–Crippen MR) is 175 cm³/mol. The molecule has 11 heteroatoms. The molecule has 4 rings (SSSR count). The van der Waals surface area contributed by atoms with Gasteiger partial charge in [0, 0.05) is 24.9 Å². The van der Waals surface area contributed by atoms with Gasteiger partial charge in [0.25, 0.3) is 10.0 Å². The van der Waals surface area contributed by atoms with E-state index < -0.39 is 40.2 Å². The Morgan fingerprint density at radius 2 is 1.53 bits per heavy atom. The summed E-state index contributed by atoms with van der Waals surface area (Å²) in [6.45, 7) is 1.37. The first-order valence-electron chi connectivity index (χ1n) is 14.4. The lowest BCUT2D eigenvalue weighted by molar-refractivity contribution is -0.139. The van der Waals surface area contributed by atoms with Crippen molar-refractivity contribution in [2.45, 2.75) is 35.7 Å². The van der Waals surface area contributed by atoms with E-state index >= 15 is 0 Å². The van der Waals surface area contributed by atoms with Crippen molar-refractivity contribution in [1.82, 2.24) is 10.2 Å². The van der Waals surface area contributed by atoms with E-state index in [1.165, 1.54) is 60.1 Å². The summed E-state index contributed by atoms with van der Waals surface area (Å²) in [6.07, 6.45) is 2.06. The number of sulfonamides is 1. The quantitative estimate of drug-likeness (QED) is 0.181. The third-order valence-electron chi connectivity index (χ3n) is 7.14. The highest BCUT2D eigenvalue weighted by molar-refractivity contribution is 7.98. The average Bonchev–Trinajstić information content (AvgIpc) is 3.06. The van der Waals surface area contributed by atoms with E-state index in [0.717, 1.165) is 14.8 Å². The van der Waals surface area contributed by atoms with E-state index in [0.29, 0.717) is 5.56 Å². The fourth-order valence-electron chi connectivity index (χ4n) is 4.84. The Balaban J connectivity index is 1.82. The molecule has 4 aromatic rings. The maximum Gasteiger partial charge on any atom is 0.264 e. The van der Waals surface area contributed by atoms with Crippen molar-refractivity contribution in [2.24, 2.45) is 0 Å². The number of para-hydroxylation sites is 2. The maximum absolute atomic E-state index is 14.4. The van der Waals surface area contributed by atoms with Gasteiger partial charge in [-0.3, -0.25) is 13.9 Å². The molecule has 0 saturated heterocycles. The SMILES string of the molecule is CCOc1ccccc1N(CC(=O)N(Cc1ccc(F)cc1)[C@H](Cc1ccccc1)C(=O)NC)S(=O)(=O)c1ccc(SC)cc1. The zero-order chi connectivity index (χ0) is 32.4. The first-order chi connectivity index (χ1) is 21.7. The fraction of sp³-hybridized carbons (Fsp3) is 0.235. The number of benzene rings is 4. The fourth-order valence-corrected chi connectivity index (χ4v) is 6.67. The second-order valence-corrected chi connectivity index (χ2v) is 12.8. The molecule has 0 aliphatic heterocycles. The van der Waals surface area contributed by atoms with E-state index in [4.69, 9.17) is 4.74 Å². The van der Waals surface area contributed by atoms with Crippen LogP contribution < -0.4 is 14.4 Å². The van der Waals surface area contributed by atoms with Crippen LogP contribution in [0.2, 0.25) is 0 Å². The minimum atomic E-state index is -4.29. The van der Waals surface area contributed by atoms with Crippen LogP contribution in [0.15, 0.2) is 113 Å². The number of carbonyl (C=O) groups is 2. The van der Waals surface area contributed by atoms with E-state index in [-0.39, 0.29) is 35.9 Å². The van der Waals surface area contributed by atoms with E-state index in [1.54, 1.807) is 43.3 Å². The van der Waals surface area contributed by atoms with Gasteiger partial charge in [0.2, 0.25) is 11.8 Å². The monoisotopic (exact) mass is 649 g/mol. The van der Waals surface area contributed by atoms with Crippen LogP contribution in [-0.2, 0) is 32.6 Å². The molecule has 1 N–H and O–H groups in total. The van der Waals surface area contributed by atoms with Crippen molar-refractivity contribution in [3.8, 4) is 5.75 Å². The second kappa shape index (κ2) is 15.6. The number of nitrogens with zero attached hydrogens (tertiary/aromatic N) is 2. The highest BCUT2D eigenvalue weighted by Crippen LogP contribution is 2.33. The smallest absolute Gasteiger partial charge is 0.264 e. The normalized spacial score (nSPS) is 11.8. The van der Waals surface area contributed by atoms with Crippen LogP contribution in [0.25, 0.3) is 0 Å². The number of nitrogens with one attached hydrogen (secondary N) is 1. The number of ether oxygens (including phenoxy) is 1. The van der Waals surface area contributed by atoms with Crippen LogP contribution in [-0.4, -0.2) is 57.6 Å². The number of hydrogen-bond acceptors (Lipinski definition) is 6. The number of likely N-dealkylation sites (N-methyl/N-ethyl adjacent to an activating group) is 1. The summed E-state index contributed by atoms with van der Waals surface area (Å²) in [5.74, 6) is -1.21. The van der Waals surface area contributed by atoms with Crippen molar-refractivity contribution in [2.75, 3.05) is 30.8 Å². The van der Waals surface area contributed by atoms with Crippen LogP contribution in [0, 0.1) is 5.82 Å². The summed E-state index contributed by atoms with van der Waals surface area (Å²) in [4.78, 5) is 30.0. The minimum absolute atomic E-state index is 0.00313. The van der Waals surface area contributed by atoms with Gasteiger partial charge in [-0.15, -0.1) is 11.8 Å². The van der Waals surface area contributed by atoms with Crippen molar-refractivity contribution < 1.29 is 27.1 Å². The van der Waals surface area contributed by atoms with Crippen LogP contribution in [0.3, 0.4) is 0 Å². The summed E-state index contributed by atoms with van der Waals surface area (Å²) in [5.41, 5.74) is 1.56. The van der Waals surface area contributed by atoms with Crippen molar-refractivity contribution in [3.05, 3.63) is 120 Å². The van der Waals surface area contributed by atoms with Gasteiger partial charge in [-0.25, -0.2) is 12.8 Å². The van der Waals surface area contributed by atoms with Crippen molar-refractivity contribution >= 4 is 39.3 Å². The Labute approximate surface area is 268 Å². The molecule has 0 aliphatic carbocycles. The Morgan fingerprint density at radius 1 is 0.889 bits per heavy atom. The number of anilines is 1. The molecule has 0 fully saturated rings. The van der Waals surface area contributed by atoms with Crippen LogP contribution in [0.5, 0.6) is 5.75 Å². The summed E-state index contributed by atoms with van der Waals surface area (Å²) >= 11 is 1.48. The summed E-state index contributed by atoms with van der Waals surface area (Å²) < 4.78 is 49.1. The molecule has 0 heterocycles. The van der Waals surface area contributed by atoms with Crippen LogP contribution in [0.4, 0.5) is 10.1 Å². The van der Waals surface area contributed by atoms with Gasteiger partial charge < -0.3 is 15.0 Å². The first-order valence-corrected chi connectivity index (χ1v) is 17.0. The number of hydrogen-bond donors (Lipinski definition) is 1. The average molecular weight is 650 g/mol. The summed E-state index contributed by atoms with van der Waals surface area (Å²) in [7, 11) is -2.81.